The molecule has 1 atom stereocenters. The van der Waals surface area contributed by atoms with Crippen molar-refractivity contribution in [2.75, 3.05) is 36.8 Å². The van der Waals surface area contributed by atoms with Gasteiger partial charge < -0.3 is 15.5 Å². The van der Waals surface area contributed by atoms with Gasteiger partial charge in [-0.3, -0.25) is 4.98 Å². The number of hydrogen-bond donors (Lipinski definition) is 2. The topological polar surface area (TPSA) is 53.1 Å². The second-order valence-corrected chi connectivity index (χ2v) is 5.61. The summed E-state index contributed by atoms with van der Waals surface area (Å²) in [5, 5.41) is 6.86. The third-order valence-electron chi connectivity index (χ3n) is 4.18. The molecular formula is C14H23N5. The fraction of sp³-hybridized carbons (Fsp3) is 0.714. The summed E-state index contributed by atoms with van der Waals surface area (Å²) in [6.07, 6.45) is 7.35. The van der Waals surface area contributed by atoms with Gasteiger partial charge in [-0.1, -0.05) is 6.92 Å². The van der Waals surface area contributed by atoms with Gasteiger partial charge in [-0.25, -0.2) is 4.98 Å². The van der Waals surface area contributed by atoms with E-state index in [0.29, 0.717) is 6.04 Å². The van der Waals surface area contributed by atoms with Gasteiger partial charge in [-0.05, 0) is 38.3 Å². The largest absolute Gasteiger partial charge is 0.369 e. The van der Waals surface area contributed by atoms with Crippen molar-refractivity contribution in [1.29, 1.82) is 0 Å². The summed E-state index contributed by atoms with van der Waals surface area (Å²) in [7, 11) is 0. The molecule has 0 aliphatic carbocycles. The lowest BCUT2D eigenvalue weighted by Gasteiger charge is -2.45. The Morgan fingerprint density at radius 1 is 1.26 bits per heavy atom. The van der Waals surface area contributed by atoms with E-state index < -0.39 is 0 Å². The molecule has 5 nitrogen and oxygen atoms in total. The molecule has 3 saturated heterocycles. The molecule has 1 aromatic rings. The highest BCUT2D eigenvalue weighted by atomic mass is 15.2. The van der Waals surface area contributed by atoms with E-state index in [1.807, 2.05) is 6.20 Å². The van der Waals surface area contributed by atoms with Gasteiger partial charge in [0.15, 0.2) is 0 Å². The average molecular weight is 261 g/mol. The van der Waals surface area contributed by atoms with Crippen LogP contribution in [-0.2, 0) is 0 Å². The smallest absolute Gasteiger partial charge is 0.147 e. The van der Waals surface area contributed by atoms with Crippen molar-refractivity contribution in [3.63, 3.8) is 0 Å². The lowest BCUT2D eigenvalue weighted by atomic mass is 9.84. The molecule has 2 bridgehead atoms. The zero-order valence-electron chi connectivity index (χ0n) is 11.6. The summed E-state index contributed by atoms with van der Waals surface area (Å²) in [5.74, 6) is 2.58. The zero-order valence-corrected chi connectivity index (χ0v) is 11.6. The molecule has 19 heavy (non-hydrogen) atoms. The van der Waals surface area contributed by atoms with Crippen LogP contribution >= 0.6 is 0 Å². The minimum Gasteiger partial charge on any atom is -0.369 e. The first-order valence-electron chi connectivity index (χ1n) is 7.40. The van der Waals surface area contributed by atoms with Gasteiger partial charge in [0.1, 0.15) is 11.6 Å². The highest BCUT2D eigenvalue weighted by molar-refractivity contribution is 5.42. The number of fused-ring (bicyclic) bond motifs is 3. The van der Waals surface area contributed by atoms with Crippen LogP contribution in [0.1, 0.15) is 26.2 Å². The van der Waals surface area contributed by atoms with Crippen LogP contribution in [0.25, 0.3) is 0 Å². The normalized spacial score (nSPS) is 29.2. The van der Waals surface area contributed by atoms with E-state index in [9.17, 15) is 0 Å². The summed E-state index contributed by atoms with van der Waals surface area (Å²) in [6.45, 7) is 6.78. The van der Waals surface area contributed by atoms with Crippen LogP contribution in [0.2, 0.25) is 0 Å². The van der Waals surface area contributed by atoms with E-state index in [1.165, 1.54) is 25.9 Å². The van der Waals surface area contributed by atoms with Crippen LogP contribution in [0, 0.1) is 5.92 Å². The van der Waals surface area contributed by atoms with Gasteiger partial charge in [0.2, 0.25) is 0 Å². The molecule has 1 aromatic heterocycles. The van der Waals surface area contributed by atoms with Crippen LogP contribution < -0.4 is 10.6 Å². The molecule has 5 heteroatoms. The lowest BCUT2D eigenvalue weighted by molar-refractivity contribution is 0.0974. The maximum Gasteiger partial charge on any atom is 0.147 e. The van der Waals surface area contributed by atoms with Gasteiger partial charge in [0.05, 0.1) is 12.4 Å². The van der Waals surface area contributed by atoms with Crippen molar-refractivity contribution in [3.05, 3.63) is 12.4 Å². The molecule has 0 amide bonds. The Bertz CT molecular complexity index is 414. The molecule has 2 N–H and O–H groups in total. The molecule has 104 valence electrons. The summed E-state index contributed by atoms with van der Waals surface area (Å²) in [5.41, 5.74) is 0. The van der Waals surface area contributed by atoms with E-state index in [4.69, 9.17) is 0 Å². The fourth-order valence-corrected chi connectivity index (χ4v) is 3.09. The predicted molar refractivity (Wildman–Crippen MR) is 77.4 cm³/mol. The quantitative estimate of drug-likeness (QED) is 0.846. The molecule has 0 radical (unpaired) electrons. The second-order valence-electron chi connectivity index (χ2n) is 5.61. The van der Waals surface area contributed by atoms with Crippen molar-refractivity contribution < 1.29 is 0 Å². The summed E-state index contributed by atoms with van der Waals surface area (Å²) >= 11 is 0. The van der Waals surface area contributed by atoms with E-state index in [1.54, 1.807) is 6.20 Å². The van der Waals surface area contributed by atoms with Gasteiger partial charge in [-0.2, -0.15) is 0 Å². The average Bonchev–Trinajstić information content (AvgIpc) is 2.47. The Morgan fingerprint density at radius 3 is 2.74 bits per heavy atom. The molecule has 0 spiro atoms. The number of aromatic nitrogens is 2. The van der Waals surface area contributed by atoms with Crippen LogP contribution in [-0.4, -0.2) is 47.1 Å². The number of piperidine rings is 3. The molecule has 3 fully saturated rings. The molecule has 3 aliphatic heterocycles. The van der Waals surface area contributed by atoms with Crippen molar-refractivity contribution in [2.45, 2.75) is 32.2 Å². The highest BCUT2D eigenvalue weighted by Crippen LogP contribution is 2.29. The summed E-state index contributed by atoms with van der Waals surface area (Å²) in [4.78, 5) is 11.4. The first-order chi connectivity index (χ1) is 9.35. The molecule has 0 aromatic carbocycles. The molecular weight excluding hydrogens is 238 g/mol. The fourth-order valence-electron chi connectivity index (χ4n) is 3.09. The second kappa shape index (κ2) is 5.74. The SMILES string of the molecule is CCCNc1cncc(NC2CN3CCC2CC3)n1. The van der Waals surface area contributed by atoms with Crippen molar-refractivity contribution >= 4 is 11.6 Å². The molecule has 4 heterocycles. The Kier molecular flexibility index (Phi) is 3.82. The Morgan fingerprint density at radius 2 is 2.05 bits per heavy atom. The minimum atomic E-state index is 0.540. The molecule has 4 rings (SSSR count). The summed E-state index contributed by atoms with van der Waals surface area (Å²) in [6, 6.07) is 0.540. The Labute approximate surface area is 114 Å². The maximum absolute atomic E-state index is 4.58. The van der Waals surface area contributed by atoms with Crippen LogP contribution in [0.4, 0.5) is 11.6 Å². The molecule has 1 unspecified atom stereocenters. The van der Waals surface area contributed by atoms with Crippen molar-refractivity contribution in [1.82, 2.24) is 14.9 Å². The number of nitrogens with zero attached hydrogens (tertiary/aromatic N) is 3. The van der Waals surface area contributed by atoms with Gasteiger partial charge in [0.25, 0.3) is 0 Å². The lowest BCUT2D eigenvalue weighted by Crippen LogP contribution is -2.53. The van der Waals surface area contributed by atoms with Gasteiger partial charge in [-0.15, -0.1) is 0 Å². The third kappa shape index (κ3) is 2.97. The van der Waals surface area contributed by atoms with Crippen LogP contribution in [0.15, 0.2) is 12.4 Å². The van der Waals surface area contributed by atoms with E-state index in [0.717, 1.165) is 37.1 Å². The number of nitrogens with one attached hydrogen (secondary N) is 2. The first kappa shape index (κ1) is 12.7. The van der Waals surface area contributed by atoms with Gasteiger partial charge in [0, 0.05) is 19.1 Å². The Hall–Kier alpha value is -1.36. The number of rotatable bonds is 5. The number of anilines is 2. The van der Waals surface area contributed by atoms with E-state index in [2.05, 4.69) is 32.4 Å². The number of hydrogen-bond acceptors (Lipinski definition) is 5. The van der Waals surface area contributed by atoms with Crippen molar-refractivity contribution in [2.24, 2.45) is 5.92 Å². The third-order valence-corrected chi connectivity index (χ3v) is 4.18. The first-order valence-corrected chi connectivity index (χ1v) is 7.40. The van der Waals surface area contributed by atoms with E-state index >= 15 is 0 Å². The predicted octanol–water partition coefficient (Wildman–Crippen LogP) is 1.80. The van der Waals surface area contributed by atoms with Crippen LogP contribution in [0.3, 0.4) is 0 Å². The monoisotopic (exact) mass is 261 g/mol. The maximum atomic E-state index is 4.58. The van der Waals surface area contributed by atoms with Crippen LogP contribution in [0.5, 0.6) is 0 Å². The van der Waals surface area contributed by atoms with E-state index in [-0.39, 0.29) is 0 Å². The standard InChI is InChI=1S/C14H23N5/c1-2-5-16-13-8-15-9-14(18-13)17-12-10-19-6-3-11(12)4-7-19/h8-9,11-12H,2-7,10H2,1H3,(H2,16,17,18). The zero-order chi connectivity index (χ0) is 13.1. The Balaban J connectivity index is 1.63. The van der Waals surface area contributed by atoms with Crippen molar-refractivity contribution in [3.8, 4) is 0 Å². The molecule has 3 aliphatic rings. The summed E-state index contributed by atoms with van der Waals surface area (Å²) < 4.78 is 0. The minimum absolute atomic E-state index is 0.540. The molecule has 0 saturated carbocycles. The highest BCUT2D eigenvalue weighted by Gasteiger charge is 2.34. The van der Waals surface area contributed by atoms with Gasteiger partial charge >= 0.3 is 0 Å².